The van der Waals surface area contributed by atoms with Gasteiger partial charge in [-0.25, -0.2) is 0 Å². The van der Waals surface area contributed by atoms with Crippen LogP contribution >= 0.6 is 0 Å². The molecule has 2 aromatic carbocycles. The Hall–Kier alpha value is -1.50. The maximum Gasteiger partial charge on any atom is 0.123 e. The van der Waals surface area contributed by atoms with Gasteiger partial charge in [-0.2, -0.15) is 0 Å². The van der Waals surface area contributed by atoms with Crippen molar-refractivity contribution in [2.75, 3.05) is 0 Å². The van der Waals surface area contributed by atoms with Crippen LogP contribution in [-0.2, 0) is 5.41 Å². The van der Waals surface area contributed by atoms with Crippen molar-refractivity contribution in [1.29, 1.82) is 0 Å². The van der Waals surface area contributed by atoms with Gasteiger partial charge in [-0.3, -0.25) is 0 Å². The quantitative estimate of drug-likeness (QED) is 0.685. The minimum atomic E-state index is 0.0539. The zero-order chi connectivity index (χ0) is 11.1. The van der Waals surface area contributed by atoms with Crippen LogP contribution in [0.4, 0.5) is 0 Å². The van der Waals surface area contributed by atoms with Gasteiger partial charge in [0.2, 0.25) is 0 Å². The maximum atomic E-state index is 9.92. The third-order valence-corrected chi connectivity index (χ3v) is 2.69. The smallest absolute Gasteiger partial charge is 0.123 e. The lowest BCUT2D eigenvalue weighted by Crippen LogP contribution is -2.11. The first-order valence-corrected chi connectivity index (χ1v) is 5.21. The molecule has 0 fully saturated rings. The van der Waals surface area contributed by atoms with Crippen LogP contribution in [0.15, 0.2) is 36.4 Å². The Bertz CT molecular complexity index is 487. The van der Waals surface area contributed by atoms with Gasteiger partial charge in [-0.15, -0.1) is 0 Å². The first-order chi connectivity index (χ1) is 7.00. The van der Waals surface area contributed by atoms with Gasteiger partial charge in [0.15, 0.2) is 0 Å². The van der Waals surface area contributed by atoms with Gasteiger partial charge < -0.3 is 5.11 Å². The highest BCUT2D eigenvalue weighted by atomic mass is 16.3. The molecule has 0 aliphatic rings. The Labute approximate surface area is 90.4 Å². The lowest BCUT2D eigenvalue weighted by Gasteiger charge is -2.21. The second-order valence-electron chi connectivity index (χ2n) is 4.93. The van der Waals surface area contributed by atoms with Gasteiger partial charge in [-0.1, -0.05) is 51.1 Å². The number of fused-ring (bicyclic) bond motifs is 1. The molecular weight excluding hydrogens is 184 g/mol. The van der Waals surface area contributed by atoms with E-state index in [0.717, 1.165) is 10.8 Å². The van der Waals surface area contributed by atoms with E-state index in [1.165, 1.54) is 5.56 Å². The largest absolute Gasteiger partial charge is 0.507 e. The fourth-order valence-corrected chi connectivity index (χ4v) is 1.95. The SMILES string of the molecule is CC(C)(C)c1cccc2cccc(O)c12. The van der Waals surface area contributed by atoms with E-state index in [9.17, 15) is 5.11 Å². The number of hydrogen-bond acceptors (Lipinski definition) is 1. The molecule has 0 aliphatic carbocycles. The van der Waals surface area contributed by atoms with E-state index in [-0.39, 0.29) is 5.41 Å². The predicted octanol–water partition coefficient (Wildman–Crippen LogP) is 3.84. The minimum absolute atomic E-state index is 0.0539. The summed E-state index contributed by atoms with van der Waals surface area (Å²) in [5, 5.41) is 12.0. The second-order valence-corrected chi connectivity index (χ2v) is 4.93. The van der Waals surface area contributed by atoms with E-state index >= 15 is 0 Å². The van der Waals surface area contributed by atoms with Gasteiger partial charge in [0.25, 0.3) is 0 Å². The molecule has 78 valence electrons. The standard InChI is InChI=1S/C14H16O/c1-14(2,3)11-8-4-6-10-7-5-9-12(15)13(10)11/h4-9,15H,1-3H3. The molecular formula is C14H16O. The van der Waals surface area contributed by atoms with E-state index in [2.05, 4.69) is 26.8 Å². The Balaban J connectivity index is 2.86. The zero-order valence-corrected chi connectivity index (χ0v) is 9.41. The Morgan fingerprint density at radius 3 is 2.13 bits per heavy atom. The Morgan fingerprint density at radius 1 is 0.933 bits per heavy atom. The van der Waals surface area contributed by atoms with Crippen LogP contribution in [0.2, 0.25) is 0 Å². The summed E-state index contributed by atoms with van der Waals surface area (Å²) in [5.41, 5.74) is 1.25. The van der Waals surface area contributed by atoms with Crippen LogP contribution in [0.1, 0.15) is 26.3 Å². The van der Waals surface area contributed by atoms with E-state index in [4.69, 9.17) is 0 Å². The monoisotopic (exact) mass is 200 g/mol. The number of hydrogen-bond donors (Lipinski definition) is 1. The van der Waals surface area contributed by atoms with Crippen molar-refractivity contribution in [3.8, 4) is 5.75 Å². The topological polar surface area (TPSA) is 20.2 Å². The van der Waals surface area contributed by atoms with Crippen LogP contribution in [0.25, 0.3) is 10.8 Å². The molecule has 0 saturated carbocycles. The molecule has 0 unspecified atom stereocenters. The first kappa shape index (κ1) is 10.0. The molecule has 0 aliphatic heterocycles. The fourth-order valence-electron chi connectivity index (χ4n) is 1.95. The second kappa shape index (κ2) is 3.27. The van der Waals surface area contributed by atoms with Crippen molar-refractivity contribution in [3.63, 3.8) is 0 Å². The lowest BCUT2D eigenvalue weighted by molar-refractivity contribution is 0.479. The fraction of sp³-hybridized carbons (Fsp3) is 0.286. The number of rotatable bonds is 0. The Kier molecular flexibility index (Phi) is 2.18. The zero-order valence-electron chi connectivity index (χ0n) is 9.41. The van der Waals surface area contributed by atoms with Gasteiger partial charge in [-0.05, 0) is 22.4 Å². The third-order valence-electron chi connectivity index (χ3n) is 2.69. The summed E-state index contributed by atoms with van der Waals surface area (Å²) < 4.78 is 0. The molecule has 15 heavy (non-hydrogen) atoms. The van der Waals surface area contributed by atoms with E-state index in [0.29, 0.717) is 5.75 Å². The highest BCUT2D eigenvalue weighted by Crippen LogP contribution is 2.34. The average molecular weight is 200 g/mol. The van der Waals surface area contributed by atoms with Gasteiger partial charge in [0.05, 0.1) is 0 Å². The van der Waals surface area contributed by atoms with Crippen molar-refractivity contribution in [1.82, 2.24) is 0 Å². The maximum absolute atomic E-state index is 9.92. The summed E-state index contributed by atoms with van der Waals surface area (Å²) in [7, 11) is 0. The molecule has 0 aromatic heterocycles. The highest BCUT2D eigenvalue weighted by molar-refractivity contribution is 5.91. The molecule has 0 bridgehead atoms. The lowest BCUT2D eigenvalue weighted by atomic mass is 9.83. The number of phenolic OH excluding ortho intramolecular Hbond substituents is 1. The normalized spacial score (nSPS) is 11.9. The molecule has 0 spiro atoms. The predicted molar refractivity (Wildman–Crippen MR) is 64.3 cm³/mol. The minimum Gasteiger partial charge on any atom is -0.507 e. The molecule has 1 nitrogen and oxygen atoms in total. The van der Waals surface area contributed by atoms with Crippen LogP contribution in [-0.4, -0.2) is 5.11 Å². The number of aromatic hydroxyl groups is 1. The van der Waals surface area contributed by atoms with Crippen LogP contribution < -0.4 is 0 Å². The summed E-state index contributed by atoms with van der Waals surface area (Å²) in [4.78, 5) is 0. The molecule has 0 atom stereocenters. The Morgan fingerprint density at radius 2 is 1.53 bits per heavy atom. The third kappa shape index (κ3) is 1.70. The molecule has 2 rings (SSSR count). The summed E-state index contributed by atoms with van der Waals surface area (Å²) in [5.74, 6) is 0.373. The van der Waals surface area contributed by atoms with Crippen molar-refractivity contribution >= 4 is 10.8 Å². The van der Waals surface area contributed by atoms with E-state index in [1.807, 2.05) is 24.3 Å². The average Bonchev–Trinajstić information content (AvgIpc) is 2.16. The van der Waals surface area contributed by atoms with Crippen molar-refractivity contribution in [2.24, 2.45) is 0 Å². The molecule has 0 saturated heterocycles. The number of benzene rings is 2. The van der Waals surface area contributed by atoms with Gasteiger partial charge in [0.1, 0.15) is 5.75 Å². The van der Waals surface area contributed by atoms with Gasteiger partial charge >= 0.3 is 0 Å². The van der Waals surface area contributed by atoms with Crippen LogP contribution in [0, 0.1) is 0 Å². The summed E-state index contributed by atoms with van der Waals surface area (Å²) >= 11 is 0. The molecule has 0 amide bonds. The van der Waals surface area contributed by atoms with E-state index in [1.54, 1.807) is 6.07 Å². The van der Waals surface area contributed by atoms with Crippen LogP contribution in [0.5, 0.6) is 5.75 Å². The highest BCUT2D eigenvalue weighted by Gasteiger charge is 2.17. The molecule has 0 heterocycles. The molecule has 1 heteroatoms. The van der Waals surface area contributed by atoms with Crippen molar-refractivity contribution in [3.05, 3.63) is 42.0 Å². The first-order valence-electron chi connectivity index (χ1n) is 5.21. The number of phenols is 1. The molecule has 2 aromatic rings. The summed E-state index contributed by atoms with van der Waals surface area (Å²) in [6, 6.07) is 11.8. The summed E-state index contributed by atoms with van der Waals surface area (Å²) in [6.45, 7) is 6.48. The van der Waals surface area contributed by atoms with E-state index < -0.39 is 0 Å². The van der Waals surface area contributed by atoms with Crippen molar-refractivity contribution < 1.29 is 5.11 Å². The molecule has 1 N–H and O–H groups in total. The van der Waals surface area contributed by atoms with Gasteiger partial charge in [0, 0.05) is 5.39 Å². The van der Waals surface area contributed by atoms with Crippen molar-refractivity contribution in [2.45, 2.75) is 26.2 Å². The van der Waals surface area contributed by atoms with Crippen LogP contribution in [0.3, 0.4) is 0 Å². The molecule has 0 radical (unpaired) electrons. The summed E-state index contributed by atoms with van der Waals surface area (Å²) in [6.07, 6.45) is 0.